The van der Waals surface area contributed by atoms with Gasteiger partial charge in [0, 0.05) is 6.42 Å². The highest BCUT2D eigenvalue weighted by Crippen LogP contribution is 2.08. The molecule has 0 bridgehead atoms. The van der Waals surface area contributed by atoms with Gasteiger partial charge in [0.1, 0.15) is 12.6 Å². The molecule has 0 aliphatic rings. The van der Waals surface area contributed by atoms with Crippen molar-refractivity contribution in [3.63, 3.8) is 0 Å². The average Bonchev–Trinajstić information content (AvgIpc) is 2.57. The van der Waals surface area contributed by atoms with Crippen LogP contribution in [-0.4, -0.2) is 48.7 Å². The number of aliphatic hydroxyl groups excluding tert-OH is 1. The third-order valence-corrected chi connectivity index (χ3v) is 3.55. The number of ether oxygens (including phenoxy) is 1. The van der Waals surface area contributed by atoms with E-state index >= 15 is 0 Å². The first-order chi connectivity index (χ1) is 11.5. The average molecular weight is 344 g/mol. The second-order valence-electron chi connectivity index (χ2n) is 5.70. The minimum atomic E-state index is -1.04. The van der Waals surface area contributed by atoms with Gasteiger partial charge in [0.05, 0.1) is 13.2 Å². The van der Waals surface area contributed by atoms with Crippen LogP contribution in [0.4, 0.5) is 0 Å². The van der Waals surface area contributed by atoms with Crippen LogP contribution in [-0.2, 0) is 19.1 Å². The molecule has 140 valence electrons. The van der Waals surface area contributed by atoms with Crippen LogP contribution < -0.4 is 10.6 Å². The molecule has 7 heteroatoms. The van der Waals surface area contributed by atoms with Crippen LogP contribution in [0.1, 0.15) is 65.2 Å². The smallest absolute Gasteiger partial charge is 0.325 e. The van der Waals surface area contributed by atoms with Gasteiger partial charge in [-0.05, 0) is 13.3 Å². The molecular weight excluding hydrogens is 312 g/mol. The number of amides is 2. The minimum Gasteiger partial charge on any atom is -0.465 e. The lowest BCUT2D eigenvalue weighted by atomic mass is 10.1. The Hall–Kier alpha value is -1.63. The standard InChI is InChI=1S/C17H32N2O5/c1-3-5-6-7-8-9-10-11-15(21)19-14(13-20)17(23)18-12-16(22)24-4-2/h14,20H,3-13H2,1-2H3,(H,18,23)(H,19,21). The van der Waals surface area contributed by atoms with Gasteiger partial charge in [0.15, 0.2) is 0 Å². The van der Waals surface area contributed by atoms with Gasteiger partial charge in [-0.15, -0.1) is 0 Å². The van der Waals surface area contributed by atoms with E-state index in [1.807, 2.05) is 0 Å². The fraction of sp³-hybridized carbons (Fsp3) is 0.824. The SMILES string of the molecule is CCCCCCCCCC(=O)NC(CO)C(=O)NCC(=O)OCC. The number of hydrogen-bond donors (Lipinski definition) is 3. The topological polar surface area (TPSA) is 105 Å². The van der Waals surface area contributed by atoms with Gasteiger partial charge in [0.2, 0.25) is 11.8 Å². The summed E-state index contributed by atoms with van der Waals surface area (Å²) in [5.41, 5.74) is 0. The normalized spacial score (nSPS) is 11.6. The van der Waals surface area contributed by atoms with Gasteiger partial charge in [-0.25, -0.2) is 0 Å². The fourth-order valence-corrected chi connectivity index (χ4v) is 2.20. The lowest BCUT2D eigenvalue weighted by Gasteiger charge is -2.16. The monoisotopic (exact) mass is 344 g/mol. The summed E-state index contributed by atoms with van der Waals surface area (Å²) in [6.07, 6.45) is 8.06. The zero-order valence-electron chi connectivity index (χ0n) is 14.9. The Morgan fingerprint density at radius 3 is 2.21 bits per heavy atom. The molecule has 1 unspecified atom stereocenters. The first-order valence-corrected chi connectivity index (χ1v) is 8.88. The van der Waals surface area contributed by atoms with Crippen molar-refractivity contribution in [2.75, 3.05) is 19.8 Å². The molecule has 0 aliphatic carbocycles. The summed E-state index contributed by atoms with van der Waals surface area (Å²) < 4.78 is 4.68. The quantitative estimate of drug-likeness (QED) is 0.325. The van der Waals surface area contributed by atoms with Crippen LogP contribution in [0, 0.1) is 0 Å². The van der Waals surface area contributed by atoms with Gasteiger partial charge >= 0.3 is 5.97 Å². The van der Waals surface area contributed by atoms with Gasteiger partial charge in [-0.1, -0.05) is 45.4 Å². The van der Waals surface area contributed by atoms with E-state index in [1.165, 1.54) is 25.7 Å². The summed E-state index contributed by atoms with van der Waals surface area (Å²) in [4.78, 5) is 34.8. The highest BCUT2D eigenvalue weighted by Gasteiger charge is 2.20. The number of unbranched alkanes of at least 4 members (excludes halogenated alkanes) is 6. The van der Waals surface area contributed by atoms with Crippen molar-refractivity contribution in [1.82, 2.24) is 10.6 Å². The molecule has 0 spiro atoms. The Labute approximate surface area is 144 Å². The summed E-state index contributed by atoms with van der Waals surface area (Å²) in [5, 5.41) is 14.0. The van der Waals surface area contributed by atoms with Gasteiger partial charge in [0.25, 0.3) is 0 Å². The number of hydrogen-bond acceptors (Lipinski definition) is 5. The van der Waals surface area contributed by atoms with Crippen LogP contribution in [0.15, 0.2) is 0 Å². The van der Waals surface area contributed by atoms with E-state index in [9.17, 15) is 19.5 Å². The van der Waals surface area contributed by atoms with Gasteiger partial charge in [-0.3, -0.25) is 14.4 Å². The lowest BCUT2D eigenvalue weighted by molar-refractivity contribution is -0.143. The molecule has 0 aliphatic heterocycles. The largest absolute Gasteiger partial charge is 0.465 e. The molecule has 24 heavy (non-hydrogen) atoms. The number of aliphatic hydroxyl groups is 1. The molecule has 1 atom stereocenters. The summed E-state index contributed by atoms with van der Waals surface area (Å²) in [6.45, 7) is 3.27. The summed E-state index contributed by atoms with van der Waals surface area (Å²) in [5.74, 6) is -1.43. The van der Waals surface area contributed by atoms with Gasteiger partial charge in [-0.2, -0.15) is 0 Å². The van der Waals surface area contributed by atoms with Crippen molar-refractivity contribution in [3.05, 3.63) is 0 Å². The van der Waals surface area contributed by atoms with E-state index in [-0.39, 0.29) is 19.1 Å². The van der Waals surface area contributed by atoms with Crippen molar-refractivity contribution in [2.45, 2.75) is 71.3 Å². The maximum Gasteiger partial charge on any atom is 0.325 e. The van der Waals surface area contributed by atoms with Gasteiger partial charge < -0.3 is 20.5 Å². The zero-order valence-corrected chi connectivity index (χ0v) is 14.9. The Bertz CT molecular complexity index is 374. The van der Waals surface area contributed by atoms with E-state index in [0.29, 0.717) is 6.42 Å². The van der Waals surface area contributed by atoms with Crippen LogP contribution in [0.3, 0.4) is 0 Å². The maximum absolute atomic E-state index is 11.8. The molecule has 0 aromatic heterocycles. The maximum atomic E-state index is 11.8. The molecule has 0 fully saturated rings. The predicted octanol–water partition coefficient (Wildman–Crippen LogP) is 1.28. The first-order valence-electron chi connectivity index (χ1n) is 8.88. The summed E-state index contributed by atoms with van der Waals surface area (Å²) in [6, 6.07) is -1.04. The van der Waals surface area contributed by atoms with E-state index < -0.39 is 24.5 Å². The molecule has 0 heterocycles. The van der Waals surface area contributed by atoms with Crippen molar-refractivity contribution in [1.29, 1.82) is 0 Å². The second-order valence-corrected chi connectivity index (χ2v) is 5.70. The summed E-state index contributed by atoms with van der Waals surface area (Å²) in [7, 11) is 0. The zero-order chi connectivity index (χ0) is 18.2. The third-order valence-electron chi connectivity index (χ3n) is 3.55. The Morgan fingerprint density at radius 1 is 1.00 bits per heavy atom. The number of carbonyl (C=O) groups is 3. The molecule has 0 saturated heterocycles. The number of esters is 1. The predicted molar refractivity (Wildman–Crippen MR) is 91.3 cm³/mol. The minimum absolute atomic E-state index is 0.229. The van der Waals surface area contributed by atoms with Crippen LogP contribution in [0.2, 0.25) is 0 Å². The van der Waals surface area contributed by atoms with Crippen LogP contribution >= 0.6 is 0 Å². The number of nitrogens with one attached hydrogen (secondary N) is 2. The highest BCUT2D eigenvalue weighted by atomic mass is 16.5. The van der Waals surface area contributed by atoms with Crippen molar-refractivity contribution >= 4 is 17.8 Å². The Kier molecular flexibility index (Phi) is 13.9. The Morgan fingerprint density at radius 2 is 1.62 bits per heavy atom. The Balaban J connectivity index is 3.89. The molecular formula is C17H32N2O5. The third kappa shape index (κ3) is 11.9. The highest BCUT2D eigenvalue weighted by molar-refractivity contribution is 5.89. The van der Waals surface area contributed by atoms with Crippen molar-refractivity contribution < 1.29 is 24.2 Å². The molecule has 0 saturated carbocycles. The second kappa shape index (κ2) is 14.9. The van der Waals surface area contributed by atoms with E-state index in [4.69, 9.17) is 0 Å². The molecule has 0 aromatic rings. The van der Waals surface area contributed by atoms with E-state index in [2.05, 4.69) is 22.3 Å². The van der Waals surface area contributed by atoms with E-state index in [0.717, 1.165) is 19.3 Å². The molecule has 0 aromatic carbocycles. The molecule has 2 amide bonds. The molecule has 0 rings (SSSR count). The summed E-state index contributed by atoms with van der Waals surface area (Å²) >= 11 is 0. The fourth-order valence-electron chi connectivity index (χ4n) is 2.20. The number of carbonyl (C=O) groups excluding carboxylic acids is 3. The van der Waals surface area contributed by atoms with Crippen molar-refractivity contribution in [2.24, 2.45) is 0 Å². The number of rotatable bonds is 14. The van der Waals surface area contributed by atoms with E-state index in [1.54, 1.807) is 6.92 Å². The first kappa shape index (κ1) is 22.4. The molecule has 0 radical (unpaired) electrons. The molecule has 7 nitrogen and oxygen atoms in total. The van der Waals surface area contributed by atoms with Crippen molar-refractivity contribution in [3.8, 4) is 0 Å². The van der Waals surface area contributed by atoms with Crippen LogP contribution in [0.5, 0.6) is 0 Å². The molecule has 3 N–H and O–H groups in total. The lowest BCUT2D eigenvalue weighted by Crippen LogP contribution is -2.50. The van der Waals surface area contributed by atoms with Crippen LogP contribution in [0.25, 0.3) is 0 Å².